The number of nitrogens with zero attached hydrogens (tertiary/aromatic N) is 2. The summed E-state index contributed by atoms with van der Waals surface area (Å²) in [4.78, 5) is 4.31. The third kappa shape index (κ3) is 2.06. The minimum Gasteiger partial charge on any atom is -0.384 e. The van der Waals surface area contributed by atoms with Crippen molar-refractivity contribution in [1.82, 2.24) is 9.55 Å². The van der Waals surface area contributed by atoms with E-state index in [1.807, 2.05) is 18.2 Å². The lowest BCUT2D eigenvalue weighted by Gasteiger charge is -2.36. The van der Waals surface area contributed by atoms with Crippen LogP contribution in [0.5, 0.6) is 0 Å². The van der Waals surface area contributed by atoms with Gasteiger partial charge in [0.15, 0.2) is 0 Å². The van der Waals surface area contributed by atoms with Crippen LogP contribution in [0.25, 0.3) is 0 Å². The van der Waals surface area contributed by atoms with Crippen LogP contribution in [0.15, 0.2) is 48.9 Å². The molecule has 3 rings (SSSR count). The molecule has 0 aliphatic heterocycles. The zero-order valence-electron chi connectivity index (χ0n) is 10.4. The second-order valence-electron chi connectivity index (χ2n) is 5.11. The van der Waals surface area contributed by atoms with Crippen molar-refractivity contribution in [3.05, 3.63) is 54.6 Å². The van der Waals surface area contributed by atoms with Crippen LogP contribution >= 0.6 is 0 Å². The van der Waals surface area contributed by atoms with Gasteiger partial charge in [-0.15, -0.1) is 0 Å². The molecular formula is C15H18N2O. The van der Waals surface area contributed by atoms with Gasteiger partial charge < -0.3 is 9.67 Å². The molecular weight excluding hydrogens is 224 g/mol. The van der Waals surface area contributed by atoms with E-state index in [4.69, 9.17) is 0 Å². The molecule has 1 N–H and O–H groups in total. The van der Waals surface area contributed by atoms with Gasteiger partial charge in [0.25, 0.3) is 0 Å². The lowest BCUT2D eigenvalue weighted by atomic mass is 9.80. The number of hydrogen-bond acceptors (Lipinski definition) is 2. The Morgan fingerprint density at radius 2 is 1.83 bits per heavy atom. The van der Waals surface area contributed by atoms with E-state index in [0.29, 0.717) is 6.04 Å². The van der Waals surface area contributed by atoms with Crippen molar-refractivity contribution in [2.75, 3.05) is 0 Å². The summed E-state index contributed by atoms with van der Waals surface area (Å²) in [5.41, 5.74) is 0.0845. The van der Waals surface area contributed by atoms with Gasteiger partial charge in [0.1, 0.15) is 5.60 Å². The molecule has 18 heavy (non-hydrogen) atoms. The molecule has 0 spiro atoms. The van der Waals surface area contributed by atoms with Gasteiger partial charge in [-0.2, -0.15) is 0 Å². The van der Waals surface area contributed by atoms with Gasteiger partial charge in [-0.25, -0.2) is 0 Å². The minimum atomic E-state index is -0.731. The normalized spacial score (nSPS) is 28.2. The quantitative estimate of drug-likeness (QED) is 0.879. The standard InChI is InChI=1S/C15H18N2O/c18-15(14-5-1-2-10-16-14)8-6-13(7-9-15)17-11-3-4-12-17/h1-5,10-13,18H,6-9H2. The minimum absolute atomic E-state index is 0.518. The summed E-state index contributed by atoms with van der Waals surface area (Å²) < 4.78 is 2.25. The SMILES string of the molecule is OC1(c2ccccn2)CCC(n2cccc2)CC1. The summed E-state index contributed by atoms with van der Waals surface area (Å²) in [6, 6.07) is 10.4. The average molecular weight is 242 g/mol. The Morgan fingerprint density at radius 1 is 1.11 bits per heavy atom. The van der Waals surface area contributed by atoms with Crippen molar-refractivity contribution in [2.24, 2.45) is 0 Å². The molecule has 2 heterocycles. The Bertz CT molecular complexity index is 484. The van der Waals surface area contributed by atoms with Gasteiger partial charge in [0, 0.05) is 24.6 Å². The van der Waals surface area contributed by atoms with Crippen molar-refractivity contribution in [1.29, 1.82) is 0 Å². The maximum absolute atomic E-state index is 10.7. The first-order valence-electron chi connectivity index (χ1n) is 6.54. The van der Waals surface area contributed by atoms with Crippen molar-refractivity contribution in [2.45, 2.75) is 37.3 Å². The first-order valence-corrected chi connectivity index (χ1v) is 6.54. The molecule has 2 aromatic rings. The third-order valence-electron chi connectivity index (χ3n) is 3.97. The summed E-state index contributed by atoms with van der Waals surface area (Å²) in [6.07, 6.45) is 9.54. The monoisotopic (exact) mass is 242 g/mol. The van der Waals surface area contributed by atoms with E-state index in [1.165, 1.54) is 0 Å². The van der Waals surface area contributed by atoms with E-state index >= 15 is 0 Å². The molecule has 0 saturated heterocycles. The van der Waals surface area contributed by atoms with Gasteiger partial charge in [0.05, 0.1) is 5.69 Å². The molecule has 3 heteroatoms. The van der Waals surface area contributed by atoms with Crippen LogP contribution in [0.2, 0.25) is 0 Å². The largest absolute Gasteiger partial charge is 0.384 e. The summed E-state index contributed by atoms with van der Waals surface area (Å²) in [5.74, 6) is 0. The Hall–Kier alpha value is -1.61. The van der Waals surface area contributed by atoms with Crippen LogP contribution in [-0.2, 0) is 5.60 Å². The van der Waals surface area contributed by atoms with Crippen molar-refractivity contribution >= 4 is 0 Å². The Labute approximate surface area is 107 Å². The van der Waals surface area contributed by atoms with E-state index in [9.17, 15) is 5.11 Å². The molecule has 3 nitrogen and oxygen atoms in total. The molecule has 1 fully saturated rings. The fraction of sp³-hybridized carbons (Fsp3) is 0.400. The highest BCUT2D eigenvalue weighted by Crippen LogP contribution is 2.40. The zero-order chi connectivity index (χ0) is 12.4. The number of aliphatic hydroxyl groups is 1. The fourth-order valence-electron chi connectivity index (χ4n) is 2.86. The second-order valence-corrected chi connectivity index (χ2v) is 5.11. The van der Waals surface area contributed by atoms with Crippen molar-refractivity contribution in [3.63, 3.8) is 0 Å². The van der Waals surface area contributed by atoms with Crippen LogP contribution in [0.4, 0.5) is 0 Å². The average Bonchev–Trinajstić information content (AvgIpc) is 2.95. The van der Waals surface area contributed by atoms with Gasteiger partial charge in [-0.1, -0.05) is 6.07 Å². The summed E-state index contributed by atoms with van der Waals surface area (Å²) in [5, 5.41) is 10.7. The maximum atomic E-state index is 10.7. The topological polar surface area (TPSA) is 38.1 Å². The van der Waals surface area contributed by atoms with E-state index in [1.54, 1.807) is 6.20 Å². The van der Waals surface area contributed by atoms with E-state index in [0.717, 1.165) is 31.4 Å². The molecule has 0 unspecified atom stereocenters. The molecule has 0 radical (unpaired) electrons. The predicted octanol–water partition coefficient (Wildman–Crippen LogP) is 2.89. The van der Waals surface area contributed by atoms with E-state index in [-0.39, 0.29) is 0 Å². The van der Waals surface area contributed by atoms with Crippen LogP contribution in [0.3, 0.4) is 0 Å². The lowest BCUT2D eigenvalue weighted by molar-refractivity contribution is -0.0160. The molecule has 94 valence electrons. The lowest BCUT2D eigenvalue weighted by Crippen LogP contribution is -2.32. The molecule has 1 aliphatic carbocycles. The molecule has 0 amide bonds. The predicted molar refractivity (Wildman–Crippen MR) is 70.1 cm³/mol. The third-order valence-corrected chi connectivity index (χ3v) is 3.97. The maximum Gasteiger partial charge on any atom is 0.107 e. The Morgan fingerprint density at radius 3 is 2.44 bits per heavy atom. The van der Waals surface area contributed by atoms with Crippen LogP contribution < -0.4 is 0 Å². The van der Waals surface area contributed by atoms with Gasteiger partial charge in [-0.05, 0) is 49.9 Å². The van der Waals surface area contributed by atoms with Gasteiger partial charge >= 0.3 is 0 Å². The summed E-state index contributed by atoms with van der Waals surface area (Å²) >= 11 is 0. The van der Waals surface area contributed by atoms with E-state index in [2.05, 4.69) is 34.1 Å². The summed E-state index contributed by atoms with van der Waals surface area (Å²) in [7, 11) is 0. The first kappa shape index (κ1) is 11.5. The van der Waals surface area contributed by atoms with E-state index < -0.39 is 5.60 Å². The number of rotatable bonds is 2. The molecule has 1 aliphatic rings. The highest BCUT2D eigenvalue weighted by Gasteiger charge is 2.36. The highest BCUT2D eigenvalue weighted by molar-refractivity contribution is 5.14. The fourth-order valence-corrected chi connectivity index (χ4v) is 2.86. The molecule has 1 saturated carbocycles. The first-order chi connectivity index (χ1) is 8.78. The summed E-state index contributed by atoms with van der Waals surface area (Å²) in [6.45, 7) is 0. The van der Waals surface area contributed by atoms with Gasteiger partial charge in [-0.3, -0.25) is 4.98 Å². The Balaban J connectivity index is 1.73. The second kappa shape index (κ2) is 4.58. The van der Waals surface area contributed by atoms with Gasteiger partial charge in [0.2, 0.25) is 0 Å². The molecule has 0 aromatic carbocycles. The Kier molecular flexibility index (Phi) is 2.92. The number of pyridine rings is 1. The molecule has 0 atom stereocenters. The zero-order valence-corrected chi connectivity index (χ0v) is 10.4. The number of aromatic nitrogens is 2. The molecule has 0 bridgehead atoms. The smallest absolute Gasteiger partial charge is 0.107 e. The van der Waals surface area contributed by atoms with Crippen molar-refractivity contribution in [3.8, 4) is 0 Å². The van der Waals surface area contributed by atoms with Crippen LogP contribution in [-0.4, -0.2) is 14.7 Å². The highest BCUT2D eigenvalue weighted by atomic mass is 16.3. The van der Waals surface area contributed by atoms with Crippen LogP contribution in [0, 0.1) is 0 Å². The molecule has 2 aromatic heterocycles. The number of hydrogen-bond donors (Lipinski definition) is 1. The van der Waals surface area contributed by atoms with Crippen molar-refractivity contribution < 1.29 is 5.11 Å². The van der Waals surface area contributed by atoms with Crippen LogP contribution in [0.1, 0.15) is 37.4 Å².